The van der Waals surface area contributed by atoms with E-state index in [1.54, 1.807) is 19.9 Å². The minimum absolute atomic E-state index is 0.0370. The van der Waals surface area contributed by atoms with Crippen LogP contribution in [0.1, 0.15) is 22.5 Å². The van der Waals surface area contributed by atoms with Crippen LogP contribution in [-0.4, -0.2) is 29.9 Å². The molecule has 0 spiro atoms. The van der Waals surface area contributed by atoms with E-state index >= 15 is 0 Å². The fraction of sp³-hybridized carbons (Fsp3) is 0.273. The lowest BCUT2D eigenvalue weighted by atomic mass is 10.1. The monoisotopic (exact) mass is 467 g/mol. The van der Waals surface area contributed by atoms with Gasteiger partial charge in [0.25, 0.3) is 0 Å². The standard InChI is InChI=1S/C22H21ClF3N3O3/c1-12-16(9-21(30)27-18-11-19(31-3)17(23)10-20(18)32-4)13(2)29(28-12)15-7-5-6-14(8-15)22(24,25)26/h5-8,10-11H,9H2,1-4H3,(H,27,30). The fourth-order valence-corrected chi connectivity index (χ4v) is 3.54. The third-order valence-corrected chi connectivity index (χ3v) is 5.24. The molecule has 3 aromatic rings. The van der Waals surface area contributed by atoms with Gasteiger partial charge in [-0.1, -0.05) is 17.7 Å². The Balaban J connectivity index is 1.87. The Labute approximate surface area is 187 Å². The lowest BCUT2D eigenvalue weighted by Crippen LogP contribution is -2.16. The van der Waals surface area contributed by atoms with Crippen LogP contribution in [0.4, 0.5) is 18.9 Å². The molecule has 2 aromatic carbocycles. The van der Waals surface area contributed by atoms with Gasteiger partial charge in [-0.15, -0.1) is 0 Å². The summed E-state index contributed by atoms with van der Waals surface area (Å²) in [6.07, 6.45) is -4.50. The topological polar surface area (TPSA) is 65.4 Å². The van der Waals surface area contributed by atoms with Gasteiger partial charge in [-0.2, -0.15) is 18.3 Å². The maximum absolute atomic E-state index is 13.1. The zero-order valence-electron chi connectivity index (χ0n) is 17.8. The molecule has 0 saturated carbocycles. The van der Waals surface area contributed by atoms with E-state index in [0.29, 0.717) is 39.2 Å². The Morgan fingerprint density at radius 1 is 1.12 bits per heavy atom. The van der Waals surface area contributed by atoms with Gasteiger partial charge in [-0.05, 0) is 32.0 Å². The van der Waals surface area contributed by atoms with E-state index in [1.807, 2.05) is 0 Å². The van der Waals surface area contributed by atoms with Gasteiger partial charge in [0, 0.05) is 23.4 Å². The van der Waals surface area contributed by atoms with Crippen molar-refractivity contribution >= 4 is 23.2 Å². The third-order valence-electron chi connectivity index (χ3n) is 4.94. The van der Waals surface area contributed by atoms with Crippen LogP contribution in [0, 0.1) is 13.8 Å². The molecule has 0 saturated heterocycles. The van der Waals surface area contributed by atoms with Crippen LogP contribution in [0.3, 0.4) is 0 Å². The molecule has 1 aromatic heterocycles. The van der Waals surface area contributed by atoms with Crippen molar-refractivity contribution in [3.05, 3.63) is 63.9 Å². The summed E-state index contributed by atoms with van der Waals surface area (Å²) >= 11 is 6.09. The molecule has 32 heavy (non-hydrogen) atoms. The molecule has 170 valence electrons. The molecule has 3 rings (SSSR count). The Morgan fingerprint density at radius 2 is 1.81 bits per heavy atom. The van der Waals surface area contributed by atoms with Crippen LogP contribution in [0.25, 0.3) is 5.69 Å². The highest BCUT2D eigenvalue weighted by molar-refractivity contribution is 6.32. The second kappa shape index (κ2) is 9.12. The average molecular weight is 468 g/mol. The highest BCUT2D eigenvalue weighted by Crippen LogP contribution is 2.36. The summed E-state index contributed by atoms with van der Waals surface area (Å²) in [7, 11) is 2.90. The molecule has 0 aliphatic heterocycles. The Morgan fingerprint density at radius 3 is 2.44 bits per heavy atom. The largest absolute Gasteiger partial charge is 0.495 e. The number of carbonyl (C=O) groups is 1. The first kappa shape index (κ1) is 23.5. The summed E-state index contributed by atoms with van der Waals surface area (Å²) in [5.74, 6) is 0.368. The minimum atomic E-state index is -4.46. The number of nitrogens with one attached hydrogen (secondary N) is 1. The summed E-state index contributed by atoms with van der Waals surface area (Å²) < 4.78 is 51.1. The minimum Gasteiger partial charge on any atom is -0.495 e. The molecule has 1 amide bonds. The number of halogens is 4. The number of ether oxygens (including phenoxy) is 2. The number of alkyl halides is 3. The van der Waals surface area contributed by atoms with E-state index in [9.17, 15) is 18.0 Å². The molecular formula is C22H21ClF3N3O3. The van der Waals surface area contributed by atoms with Crippen molar-refractivity contribution in [1.82, 2.24) is 9.78 Å². The third kappa shape index (κ3) is 4.83. The number of hydrogen-bond donors (Lipinski definition) is 1. The Kier molecular flexibility index (Phi) is 6.68. The molecule has 6 nitrogen and oxygen atoms in total. The molecule has 0 fully saturated rings. The van der Waals surface area contributed by atoms with E-state index in [0.717, 1.165) is 12.1 Å². The summed E-state index contributed by atoms with van der Waals surface area (Å²) in [5.41, 5.74) is 1.58. The molecule has 0 bridgehead atoms. The van der Waals surface area contributed by atoms with Gasteiger partial charge in [0.05, 0.1) is 48.3 Å². The maximum atomic E-state index is 13.1. The van der Waals surface area contributed by atoms with Crippen molar-refractivity contribution in [3.8, 4) is 17.2 Å². The second-order valence-corrected chi connectivity index (χ2v) is 7.43. The smallest absolute Gasteiger partial charge is 0.416 e. The summed E-state index contributed by atoms with van der Waals surface area (Å²) in [6.45, 7) is 3.40. The Bertz CT molecular complexity index is 1160. The fourth-order valence-electron chi connectivity index (χ4n) is 3.31. The van der Waals surface area contributed by atoms with Crippen molar-refractivity contribution in [2.45, 2.75) is 26.4 Å². The van der Waals surface area contributed by atoms with Crippen LogP contribution in [0.5, 0.6) is 11.5 Å². The quantitative estimate of drug-likeness (QED) is 0.530. The maximum Gasteiger partial charge on any atom is 0.416 e. The number of amides is 1. The number of carbonyl (C=O) groups excluding carboxylic acids is 1. The Hall–Kier alpha value is -3.20. The number of aromatic nitrogens is 2. The number of anilines is 1. The zero-order chi connectivity index (χ0) is 23.6. The van der Waals surface area contributed by atoms with Gasteiger partial charge >= 0.3 is 6.18 Å². The number of benzene rings is 2. The lowest BCUT2D eigenvalue weighted by Gasteiger charge is -2.13. The van der Waals surface area contributed by atoms with Crippen molar-refractivity contribution in [2.24, 2.45) is 0 Å². The highest BCUT2D eigenvalue weighted by Gasteiger charge is 2.31. The van der Waals surface area contributed by atoms with Crippen molar-refractivity contribution in [2.75, 3.05) is 19.5 Å². The predicted molar refractivity (Wildman–Crippen MR) is 115 cm³/mol. The molecular weight excluding hydrogens is 447 g/mol. The number of hydrogen-bond acceptors (Lipinski definition) is 4. The van der Waals surface area contributed by atoms with Gasteiger partial charge in [0.15, 0.2) is 0 Å². The van der Waals surface area contributed by atoms with E-state index < -0.39 is 11.7 Å². The predicted octanol–water partition coefficient (Wildman–Crippen LogP) is 5.36. The average Bonchev–Trinajstić information content (AvgIpc) is 3.02. The first-order valence-electron chi connectivity index (χ1n) is 9.49. The first-order chi connectivity index (χ1) is 15.0. The van der Waals surface area contributed by atoms with Gasteiger partial charge in [0.1, 0.15) is 11.5 Å². The van der Waals surface area contributed by atoms with Crippen LogP contribution in [0.2, 0.25) is 5.02 Å². The van der Waals surface area contributed by atoms with E-state index in [2.05, 4.69) is 10.4 Å². The zero-order valence-corrected chi connectivity index (χ0v) is 18.6. The summed E-state index contributed by atoms with van der Waals surface area (Å²) in [4.78, 5) is 12.7. The van der Waals surface area contributed by atoms with Gasteiger partial charge in [-0.3, -0.25) is 4.79 Å². The molecule has 0 aliphatic carbocycles. The van der Waals surface area contributed by atoms with E-state index in [4.69, 9.17) is 21.1 Å². The molecule has 0 unspecified atom stereocenters. The molecule has 1 heterocycles. The molecule has 0 atom stereocenters. The van der Waals surface area contributed by atoms with Crippen molar-refractivity contribution in [1.29, 1.82) is 0 Å². The number of rotatable bonds is 6. The van der Waals surface area contributed by atoms with Crippen LogP contribution < -0.4 is 14.8 Å². The van der Waals surface area contributed by atoms with Crippen LogP contribution in [0.15, 0.2) is 36.4 Å². The van der Waals surface area contributed by atoms with Gasteiger partial charge < -0.3 is 14.8 Å². The first-order valence-corrected chi connectivity index (χ1v) is 9.87. The molecule has 0 radical (unpaired) electrons. The van der Waals surface area contributed by atoms with Gasteiger partial charge in [-0.25, -0.2) is 4.68 Å². The number of methoxy groups -OCH3 is 2. The molecule has 1 N–H and O–H groups in total. The van der Waals surface area contributed by atoms with Crippen LogP contribution >= 0.6 is 11.6 Å². The second-order valence-electron chi connectivity index (χ2n) is 7.02. The molecule has 10 heteroatoms. The summed E-state index contributed by atoms with van der Waals surface area (Å²) in [6, 6.07) is 7.94. The van der Waals surface area contributed by atoms with Gasteiger partial charge in [0.2, 0.25) is 5.91 Å². The number of nitrogens with zero attached hydrogens (tertiary/aromatic N) is 2. The summed E-state index contributed by atoms with van der Waals surface area (Å²) in [5, 5.41) is 7.43. The van der Waals surface area contributed by atoms with Crippen molar-refractivity contribution < 1.29 is 27.4 Å². The van der Waals surface area contributed by atoms with E-state index in [1.165, 1.54) is 37.1 Å². The number of aryl methyl sites for hydroxylation is 1. The van der Waals surface area contributed by atoms with E-state index in [-0.39, 0.29) is 18.0 Å². The lowest BCUT2D eigenvalue weighted by molar-refractivity contribution is -0.137. The van der Waals surface area contributed by atoms with Crippen molar-refractivity contribution in [3.63, 3.8) is 0 Å². The van der Waals surface area contributed by atoms with Crippen LogP contribution in [-0.2, 0) is 17.4 Å². The molecule has 0 aliphatic rings. The normalized spacial score (nSPS) is 11.4. The highest BCUT2D eigenvalue weighted by atomic mass is 35.5. The SMILES string of the molecule is COc1cc(NC(=O)Cc2c(C)nn(-c3cccc(C(F)(F)F)c3)c2C)c(OC)cc1Cl.